The van der Waals surface area contributed by atoms with E-state index in [2.05, 4.69) is 0 Å². The fourth-order valence-electron chi connectivity index (χ4n) is 1.96. The van der Waals surface area contributed by atoms with Crippen LogP contribution in [0.15, 0.2) is 48.5 Å². The largest absolute Gasteiger partial charge is 0.486 e. The minimum absolute atomic E-state index is 0.0405. The predicted molar refractivity (Wildman–Crippen MR) is 77.1 cm³/mol. The highest BCUT2D eigenvalue weighted by Gasteiger charge is 2.07. The van der Waals surface area contributed by atoms with E-state index in [1.165, 1.54) is 0 Å². The number of anilines is 1. The Morgan fingerprint density at radius 3 is 2.63 bits per heavy atom. The average molecular weight is 257 g/mol. The second-order valence-electron chi connectivity index (χ2n) is 4.51. The van der Waals surface area contributed by atoms with Crippen LogP contribution in [0.3, 0.4) is 0 Å². The molecule has 0 spiro atoms. The van der Waals surface area contributed by atoms with Gasteiger partial charge in [0.15, 0.2) is 0 Å². The van der Waals surface area contributed by atoms with Crippen molar-refractivity contribution >= 4 is 5.69 Å². The molecule has 0 heterocycles. The van der Waals surface area contributed by atoms with Gasteiger partial charge in [0.1, 0.15) is 11.9 Å². The standard InChI is InChI=1S/C16H19NO2/c1-12(14-6-4-7-15(17)10-14)19-16-8-3-5-13(9-16)11-18-2/h3-10,12H,11,17H2,1-2H3. The monoisotopic (exact) mass is 257 g/mol. The lowest BCUT2D eigenvalue weighted by molar-refractivity contribution is 0.183. The molecular weight excluding hydrogens is 238 g/mol. The van der Waals surface area contributed by atoms with Crippen molar-refractivity contribution < 1.29 is 9.47 Å². The summed E-state index contributed by atoms with van der Waals surface area (Å²) in [6, 6.07) is 15.7. The summed E-state index contributed by atoms with van der Waals surface area (Å²) in [4.78, 5) is 0. The molecule has 0 aliphatic rings. The lowest BCUT2D eigenvalue weighted by Gasteiger charge is -2.16. The van der Waals surface area contributed by atoms with Crippen LogP contribution in [0, 0.1) is 0 Å². The number of hydrogen-bond acceptors (Lipinski definition) is 3. The molecule has 0 aromatic heterocycles. The van der Waals surface area contributed by atoms with Gasteiger partial charge in [-0.25, -0.2) is 0 Å². The summed E-state index contributed by atoms with van der Waals surface area (Å²) in [6.45, 7) is 2.60. The van der Waals surface area contributed by atoms with Gasteiger partial charge in [-0.2, -0.15) is 0 Å². The zero-order chi connectivity index (χ0) is 13.7. The van der Waals surface area contributed by atoms with E-state index < -0.39 is 0 Å². The van der Waals surface area contributed by atoms with Gasteiger partial charge in [-0.1, -0.05) is 24.3 Å². The molecule has 2 aromatic carbocycles. The topological polar surface area (TPSA) is 44.5 Å². The fourth-order valence-corrected chi connectivity index (χ4v) is 1.96. The summed E-state index contributed by atoms with van der Waals surface area (Å²) < 4.78 is 11.0. The maximum absolute atomic E-state index is 5.93. The summed E-state index contributed by atoms with van der Waals surface area (Å²) in [6.07, 6.45) is -0.0405. The van der Waals surface area contributed by atoms with E-state index in [4.69, 9.17) is 15.2 Å². The predicted octanol–water partition coefficient (Wildman–Crippen LogP) is 3.56. The molecule has 1 unspecified atom stereocenters. The molecule has 0 saturated heterocycles. The molecule has 100 valence electrons. The van der Waals surface area contributed by atoms with Crippen LogP contribution in [0.5, 0.6) is 5.75 Å². The van der Waals surface area contributed by atoms with Gasteiger partial charge >= 0.3 is 0 Å². The van der Waals surface area contributed by atoms with Gasteiger partial charge in [-0.3, -0.25) is 0 Å². The third-order valence-electron chi connectivity index (χ3n) is 2.90. The first kappa shape index (κ1) is 13.4. The number of hydrogen-bond donors (Lipinski definition) is 1. The zero-order valence-corrected chi connectivity index (χ0v) is 11.3. The molecule has 0 aliphatic carbocycles. The third-order valence-corrected chi connectivity index (χ3v) is 2.90. The molecule has 19 heavy (non-hydrogen) atoms. The number of nitrogens with two attached hydrogens (primary N) is 1. The number of nitrogen functional groups attached to an aromatic ring is 1. The molecule has 1 atom stereocenters. The Balaban J connectivity index is 2.10. The van der Waals surface area contributed by atoms with E-state index in [9.17, 15) is 0 Å². The van der Waals surface area contributed by atoms with Gasteiger partial charge in [0.2, 0.25) is 0 Å². The van der Waals surface area contributed by atoms with Crippen LogP contribution in [0.4, 0.5) is 5.69 Å². The highest BCUT2D eigenvalue weighted by Crippen LogP contribution is 2.23. The highest BCUT2D eigenvalue weighted by molar-refractivity contribution is 5.41. The maximum Gasteiger partial charge on any atom is 0.121 e. The molecule has 0 aliphatic heterocycles. The summed E-state index contributed by atoms with van der Waals surface area (Å²) in [5.74, 6) is 0.837. The first-order valence-corrected chi connectivity index (χ1v) is 6.29. The van der Waals surface area contributed by atoms with Crippen molar-refractivity contribution in [2.24, 2.45) is 0 Å². The average Bonchev–Trinajstić information content (AvgIpc) is 2.39. The van der Waals surface area contributed by atoms with Crippen molar-refractivity contribution in [1.82, 2.24) is 0 Å². The van der Waals surface area contributed by atoms with Crippen molar-refractivity contribution in [2.75, 3.05) is 12.8 Å². The molecule has 2 rings (SSSR count). The molecule has 0 radical (unpaired) electrons. The van der Waals surface area contributed by atoms with Crippen molar-refractivity contribution in [3.05, 3.63) is 59.7 Å². The first-order chi connectivity index (χ1) is 9.19. The van der Waals surface area contributed by atoms with Crippen LogP contribution in [-0.4, -0.2) is 7.11 Å². The van der Waals surface area contributed by atoms with Crippen molar-refractivity contribution in [1.29, 1.82) is 0 Å². The van der Waals surface area contributed by atoms with Crippen molar-refractivity contribution in [3.8, 4) is 5.75 Å². The van der Waals surface area contributed by atoms with Crippen LogP contribution in [0.25, 0.3) is 0 Å². The van der Waals surface area contributed by atoms with Crippen LogP contribution < -0.4 is 10.5 Å². The van der Waals surface area contributed by atoms with Gasteiger partial charge in [0, 0.05) is 12.8 Å². The normalized spacial score (nSPS) is 12.1. The number of rotatable bonds is 5. The minimum atomic E-state index is -0.0405. The summed E-state index contributed by atoms with van der Waals surface area (Å²) >= 11 is 0. The van der Waals surface area contributed by atoms with Crippen molar-refractivity contribution in [3.63, 3.8) is 0 Å². The van der Waals surface area contributed by atoms with Crippen LogP contribution in [0.1, 0.15) is 24.2 Å². The maximum atomic E-state index is 5.93. The molecule has 3 heteroatoms. The van der Waals surface area contributed by atoms with E-state index in [1.807, 2.05) is 55.5 Å². The van der Waals surface area contributed by atoms with Gasteiger partial charge in [-0.15, -0.1) is 0 Å². The van der Waals surface area contributed by atoms with Crippen LogP contribution in [-0.2, 0) is 11.3 Å². The molecule has 2 aromatic rings. The van der Waals surface area contributed by atoms with E-state index in [0.29, 0.717) is 6.61 Å². The Labute approximate surface area is 114 Å². The zero-order valence-electron chi connectivity index (χ0n) is 11.3. The Kier molecular flexibility index (Phi) is 4.42. The quantitative estimate of drug-likeness (QED) is 0.833. The molecule has 2 N–H and O–H groups in total. The molecule has 3 nitrogen and oxygen atoms in total. The smallest absolute Gasteiger partial charge is 0.121 e. The second kappa shape index (κ2) is 6.25. The molecule has 0 fully saturated rings. The Morgan fingerprint density at radius 2 is 1.89 bits per heavy atom. The fraction of sp³-hybridized carbons (Fsp3) is 0.250. The Bertz CT molecular complexity index is 540. The summed E-state index contributed by atoms with van der Waals surface area (Å²) in [5, 5.41) is 0. The number of benzene rings is 2. The van der Waals surface area contributed by atoms with Gasteiger partial charge in [-0.05, 0) is 42.3 Å². The van der Waals surface area contributed by atoms with E-state index in [1.54, 1.807) is 7.11 Å². The molecular formula is C16H19NO2. The summed E-state index contributed by atoms with van der Waals surface area (Å²) in [5.41, 5.74) is 8.70. The first-order valence-electron chi connectivity index (χ1n) is 6.29. The number of ether oxygens (including phenoxy) is 2. The molecule has 0 bridgehead atoms. The Hall–Kier alpha value is -2.00. The van der Waals surface area contributed by atoms with E-state index in [-0.39, 0.29) is 6.10 Å². The third kappa shape index (κ3) is 3.73. The van der Waals surface area contributed by atoms with E-state index in [0.717, 1.165) is 22.6 Å². The minimum Gasteiger partial charge on any atom is -0.486 e. The van der Waals surface area contributed by atoms with Crippen molar-refractivity contribution in [2.45, 2.75) is 19.6 Å². The van der Waals surface area contributed by atoms with Gasteiger partial charge in [0.05, 0.1) is 6.61 Å². The Morgan fingerprint density at radius 1 is 1.11 bits per heavy atom. The van der Waals surface area contributed by atoms with Gasteiger partial charge < -0.3 is 15.2 Å². The second-order valence-corrected chi connectivity index (χ2v) is 4.51. The van der Waals surface area contributed by atoms with Crippen LogP contribution in [0.2, 0.25) is 0 Å². The lowest BCUT2D eigenvalue weighted by atomic mass is 10.1. The SMILES string of the molecule is COCc1cccc(OC(C)c2cccc(N)c2)c1. The molecule has 0 amide bonds. The van der Waals surface area contributed by atoms with Gasteiger partial charge in [0.25, 0.3) is 0 Å². The highest BCUT2D eigenvalue weighted by atomic mass is 16.5. The number of methoxy groups -OCH3 is 1. The van der Waals surface area contributed by atoms with Crippen LogP contribution >= 0.6 is 0 Å². The summed E-state index contributed by atoms with van der Waals surface area (Å²) in [7, 11) is 1.68. The van der Waals surface area contributed by atoms with E-state index >= 15 is 0 Å². The molecule has 0 saturated carbocycles. The lowest BCUT2D eigenvalue weighted by Crippen LogP contribution is -2.04.